The first kappa shape index (κ1) is 15.3. The van der Waals surface area contributed by atoms with Gasteiger partial charge in [-0.1, -0.05) is 37.1 Å². The number of anilines is 1. The summed E-state index contributed by atoms with van der Waals surface area (Å²) in [5, 5.41) is 3.42. The highest BCUT2D eigenvalue weighted by Gasteiger charge is 2.26. The molecule has 1 amide bonds. The Labute approximate surface area is 125 Å². The third kappa shape index (κ3) is 3.95. The lowest BCUT2D eigenvalue weighted by atomic mass is 9.91. The van der Waals surface area contributed by atoms with E-state index in [9.17, 15) is 4.79 Å². The zero-order chi connectivity index (χ0) is 14.5. The second kappa shape index (κ2) is 7.07. The van der Waals surface area contributed by atoms with E-state index < -0.39 is 0 Å². The standard InChI is InChI=1S/C15H22ClN3O/c1-2-11-9-19(8-7-13(11)17)10-15(20)18-14-6-4-3-5-12(14)16/h3-6,11,13H,2,7-10,17H2,1H3,(H,18,20). The number of benzene rings is 1. The minimum absolute atomic E-state index is 0.0246. The van der Waals surface area contributed by atoms with E-state index in [-0.39, 0.29) is 11.9 Å². The SMILES string of the molecule is CCC1CN(CC(=O)Nc2ccccc2Cl)CCC1N. The van der Waals surface area contributed by atoms with Crippen molar-refractivity contribution in [1.29, 1.82) is 0 Å². The summed E-state index contributed by atoms with van der Waals surface area (Å²) in [4.78, 5) is 14.2. The van der Waals surface area contributed by atoms with Gasteiger partial charge in [-0.15, -0.1) is 0 Å². The Balaban J connectivity index is 1.87. The van der Waals surface area contributed by atoms with Gasteiger partial charge in [-0.2, -0.15) is 0 Å². The topological polar surface area (TPSA) is 58.4 Å². The number of piperidine rings is 1. The highest BCUT2D eigenvalue weighted by Crippen LogP contribution is 2.21. The van der Waals surface area contributed by atoms with Gasteiger partial charge in [0.1, 0.15) is 0 Å². The number of rotatable bonds is 4. The Kier molecular flexibility index (Phi) is 5.40. The second-order valence-electron chi connectivity index (χ2n) is 5.38. The zero-order valence-electron chi connectivity index (χ0n) is 11.8. The molecule has 0 aromatic heterocycles. The molecule has 1 aromatic carbocycles. The van der Waals surface area contributed by atoms with E-state index in [1.54, 1.807) is 12.1 Å². The third-order valence-electron chi connectivity index (χ3n) is 3.92. The Morgan fingerprint density at radius 1 is 1.50 bits per heavy atom. The Morgan fingerprint density at radius 2 is 2.25 bits per heavy atom. The molecule has 0 aliphatic carbocycles. The summed E-state index contributed by atoms with van der Waals surface area (Å²) in [6.07, 6.45) is 2.02. The van der Waals surface area contributed by atoms with Gasteiger partial charge in [0, 0.05) is 19.1 Å². The predicted molar refractivity (Wildman–Crippen MR) is 82.9 cm³/mol. The molecule has 20 heavy (non-hydrogen) atoms. The number of amides is 1. The van der Waals surface area contributed by atoms with E-state index in [4.69, 9.17) is 17.3 Å². The molecule has 1 heterocycles. The summed E-state index contributed by atoms with van der Waals surface area (Å²) >= 11 is 6.03. The molecule has 2 rings (SSSR count). The van der Waals surface area contributed by atoms with Crippen molar-refractivity contribution in [3.63, 3.8) is 0 Å². The van der Waals surface area contributed by atoms with Gasteiger partial charge >= 0.3 is 0 Å². The van der Waals surface area contributed by atoms with E-state index >= 15 is 0 Å². The number of carbonyl (C=O) groups excluding carboxylic acids is 1. The molecule has 0 bridgehead atoms. The Bertz CT molecular complexity index is 466. The van der Waals surface area contributed by atoms with Crippen molar-refractivity contribution in [2.75, 3.05) is 25.0 Å². The summed E-state index contributed by atoms with van der Waals surface area (Å²) in [5.74, 6) is 0.459. The highest BCUT2D eigenvalue weighted by atomic mass is 35.5. The van der Waals surface area contributed by atoms with Crippen molar-refractivity contribution in [3.8, 4) is 0 Å². The van der Waals surface area contributed by atoms with Crippen molar-refractivity contribution in [2.24, 2.45) is 11.7 Å². The van der Waals surface area contributed by atoms with Crippen molar-refractivity contribution in [2.45, 2.75) is 25.8 Å². The monoisotopic (exact) mass is 295 g/mol. The van der Waals surface area contributed by atoms with Crippen LogP contribution in [-0.4, -0.2) is 36.5 Å². The maximum absolute atomic E-state index is 12.1. The number of nitrogens with zero attached hydrogens (tertiary/aromatic N) is 1. The number of hydrogen-bond donors (Lipinski definition) is 2. The average molecular weight is 296 g/mol. The predicted octanol–water partition coefficient (Wildman–Crippen LogP) is 2.34. The van der Waals surface area contributed by atoms with Crippen LogP contribution in [0.15, 0.2) is 24.3 Å². The summed E-state index contributed by atoms with van der Waals surface area (Å²) < 4.78 is 0. The van der Waals surface area contributed by atoms with Gasteiger partial charge in [-0.05, 0) is 24.5 Å². The molecular weight excluding hydrogens is 274 g/mol. The number of nitrogens with two attached hydrogens (primary N) is 1. The molecule has 3 N–H and O–H groups in total. The van der Waals surface area contributed by atoms with E-state index in [1.165, 1.54) is 0 Å². The number of likely N-dealkylation sites (tertiary alicyclic amines) is 1. The van der Waals surface area contributed by atoms with Gasteiger partial charge in [-0.3, -0.25) is 9.69 Å². The average Bonchev–Trinajstić information content (AvgIpc) is 2.43. The lowest BCUT2D eigenvalue weighted by Gasteiger charge is -2.36. The summed E-state index contributed by atoms with van der Waals surface area (Å²) in [6.45, 7) is 4.33. The molecule has 2 atom stereocenters. The zero-order valence-corrected chi connectivity index (χ0v) is 12.6. The van der Waals surface area contributed by atoms with E-state index in [2.05, 4.69) is 17.1 Å². The summed E-state index contributed by atoms with van der Waals surface area (Å²) in [6, 6.07) is 7.54. The number of para-hydroxylation sites is 1. The van der Waals surface area contributed by atoms with Crippen molar-refractivity contribution >= 4 is 23.2 Å². The van der Waals surface area contributed by atoms with Gasteiger partial charge in [0.2, 0.25) is 5.91 Å². The van der Waals surface area contributed by atoms with Crippen LogP contribution < -0.4 is 11.1 Å². The van der Waals surface area contributed by atoms with Crippen LogP contribution in [0.3, 0.4) is 0 Å². The van der Waals surface area contributed by atoms with Crippen LogP contribution in [0, 0.1) is 5.92 Å². The fraction of sp³-hybridized carbons (Fsp3) is 0.533. The smallest absolute Gasteiger partial charge is 0.238 e. The van der Waals surface area contributed by atoms with E-state index in [1.807, 2.05) is 12.1 Å². The number of halogens is 1. The Hall–Kier alpha value is -1.10. The molecule has 1 aliphatic rings. The molecule has 1 aliphatic heterocycles. The van der Waals surface area contributed by atoms with Crippen molar-refractivity contribution in [3.05, 3.63) is 29.3 Å². The molecule has 0 spiro atoms. The molecule has 0 saturated carbocycles. The first-order valence-corrected chi connectivity index (χ1v) is 7.50. The number of hydrogen-bond acceptors (Lipinski definition) is 3. The van der Waals surface area contributed by atoms with Gasteiger partial charge < -0.3 is 11.1 Å². The lowest BCUT2D eigenvalue weighted by molar-refractivity contribution is -0.117. The fourth-order valence-corrected chi connectivity index (χ4v) is 2.84. The fourth-order valence-electron chi connectivity index (χ4n) is 2.66. The molecule has 1 saturated heterocycles. The number of nitrogens with one attached hydrogen (secondary N) is 1. The van der Waals surface area contributed by atoms with Gasteiger partial charge in [0.25, 0.3) is 0 Å². The van der Waals surface area contributed by atoms with Gasteiger partial charge in [-0.25, -0.2) is 0 Å². The third-order valence-corrected chi connectivity index (χ3v) is 4.25. The largest absolute Gasteiger partial charge is 0.327 e. The quantitative estimate of drug-likeness (QED) is 0.896. The molecule has 5 heteroatoms. The van der Waals surface area contributed by atoms with Crippen LogP contribution in [-0.2, 0) is 4.79 Å². The first-order chi connectivity index (χ1) is 9.60. The van der Waals surface area contributed by atoms with Crippen LogP contribution in [0.4, 0.5) is 5.69 Å². The van der Waals surface area contributed by atoms with Crippen LogP contribution in [0.25, 0.3) is 0 Å². The molecule has 0 radical (unpaired) electrons. The van der Waals surface area contributed by atoms with E-state index in [0.29, 0.717) is 23.2 Å². The van der Waals surface area contributed by atoms with E-state index in [0.717, 1.165) is 25.9 Å². The molecule has 110 valence electrons. The minimum atomic E-state index is -0.0246. The highest BCUT2D eigenvalue weighted by molar-refractivity contribution is 6.33. The first-order valence-electron chi connectivity index (χ1n) is 7.12. The van der Waals surface area contributed by atoms with Crippen LogP contribution in [0.1, 0.15) is 19.8 Å². The summed E-state index contributed by atoms with van der Waals surface area (Å²) in [7, 11) is 0. The van der Waals surface area contributed by atoms with Crippen LogP contribution in [0.5, 0.6) is 0 Å². The van der Waals surface area contributed by atoms with Crippen LogP contribution >= 0.6 is 11.6 Å². The maximum atomic E-state index is 12.1. The van der Waals surface area contributed by atoms with Gasteiger partial charge in [0.05, 0.1) is 17.3 Å². The normalized spacial score (nSPS) is 23.6. The van der Waals surface area contributed by atoms with Crippen molar-refractivity contribution in [1.82, 2.24) is 4.90 Å². The maximum Gasteiger partial charge on any atom is 0.238 e. The molecule has 4 nitrogen and oxygen atoms in total. The molecular formula is C15H22ClN3O. The molecule has 2 unspecified atom stereocenters. The molecule has 1 fully saturated rings. The van der Waals surface area contributed by atoms with Gasteiger partial charge in [0.15, 0.2) is 0 Å². The minimum Gasteiger partial charge on any atom is -0.327 e. The second-order valence-corrected chi connectivity index (χ2v) is 5.79. The van der Waals surface area contributed by atoms with Crippen LogP contribution in [0.2, 0.25) is 5.02 Å². The Morgan fingerprint density at radius 3 is 2.95 bits per heavy atom. The number of carbonyl (C=O) groups is 1. The summed E-state index contributed by atoms with van der Waals surface area (Å²) in [5.41, 5.74) is 6.75. The molecule has 1 aromatic rings. The lowest BCUT2D eigenvalue weighted by Crippen LogP contribution is -2.48. The van der Waals surface area contributed by atoms with Crippen molar-refractivity contribution < 1.29 is 4.79 Å².